The van der Waals surface area contributed by atoms with Crippen LogP contribution in [-0.2, 0) is 9.59 Å². The van der Waals surface area contributed by atoms with E-state index in [9.17, 15) is 9.59 Å². The molecule has 0 bridgehead atoms. The molecule has 0 unspecified atom stereocenters. The van der Waals surface area contributed by atoms with Crippen LogP contribution in [0.25, 0.3) is 0 Å². The molecule has 0 aliphatic carbocycles. The highest BCUT2D eigenvalue weighted by Gasteiger charge is 2.28. The molecular weight excluding hydrogens is 242 g/mol. The zero-order valence-corrected chi connectivity index (χ0v) is 12.6. The number of hydrogen-bond acceptors (Lipinski definition) is 3. The summed E-state index contributed by atoms with van der Waals surface area (Å²) in [5, 5.41) is 3.18. The Kier molecular flexibility index (Phi) is 6.28. The molecule has 0 saturated carbocycles. The Labute approximate surface area is 116 Å². The molecule has 1 fully saturated rings. The van der Waals surface area contributed by atoms with Gasteiger partial charge in [-0.3, -0.25) is 9.59 Å². The van der Waals surface area contributed by atoms with Crippen molar-refractivity contribution in [3.63, 3.8) is 0 Å². The van der Waals surface area contributed by atoms with Gasteiger partial charge in [0.1, 0.15) is 0 Å². The molecule has 1 rings (SSSR count). The van der Waals surface area contributed by atoms with Gasteiger partial charge >= 0.3 is 11.8 Å². The minimum absolute atomic E-state index is 0.343. The third kappa shape index (κ3) is 5.19. The van der Waals surface area contributed by atoms with Crippen LogP contribution < -0.4 is 5.32 Å². The van der Waals surface area contributed by atoms with Gasteiger partial charge in [0.25, 0.3) is 0 Å². The summed E-state index contributed by atoms with van der Waals surface area (Å²) in [7, 11) is 0. The molecule has 2 amide bonds. The Morgan fingerprint density at radius 2 is 1.53 bits per heavy atom. The lowest BCUT2D eigenvalue weighted by Gasteiger charge is -2.31. The molecule has 0 atom stereocenters. The van der Waals surface area contributed by atoms with Gasteiger partial charge in [-0.2, -0.15) is 0 Å². The fourth-order valence-electron chi connectivity index (χ4n) is 2.26. The van der Waals surface area contributed by atoms with E-state index < -0.39 is 0 Å². The van der Waals surface area contributed by atoms with Crippen LogP contribution in [0.2, 0.25) is 0 Å². The molecule has 0 aromatic heterocycles. The molecule has 19 heavy (non-hydrogen) atoms. The van der Waals surface area contributed by atoms with Crippen molar-refractivity contribution in [3.8, 4) is 0 Å². The first-order valence-corrected chi connectivity index (χ1v) is 7.20. The summed E-state index contributed by atoms with van der Waals surface area (Å²) in [4.78, 5) is 27.9. The van der Waals surface area contributed by atoms with Crippen LogP contribution in [0.3, 0.4) is 0 Å². The number of piperazine rings is 1. The van der Waals surface area contributed by atoms with E-state index in [1.807, 2.05) is 0 Å². The van der Waals surface area contributed by atoms with Gasteiger partial charge in [-0.1, -0.05) is 27.7 Å². The fraction of sp³-hybridized carbons (Fsp3) is 0.857. The Hall–Kier alpha value is -1.10. The second-order valence-corrected chi connectivity index (χ2v) is 6.04. The molecule has 5 nitrogen and oxygen atoms in total. The van der Waals surface area contributed by atoms with Crippen molar-refractivity contribution in [2.75, 3.05) is 39.3 Å². The van der Waals surface area contributed by atoms with Crippen LogP contribution in [0, 0.1) is 11.8 Å². The van der Waals surface area contributed by atoms with Crippen LogP contribution in [0.4, 0.5) is 0 Å². The Bertz CT molecular complexity index is 300. The molecule has 1 N–H and O–H groups in total. The summed E-state index contributed by atoms with van der Waals surface area (Å²) in [5.74, 6) is 0.0594. The summed E-state index contributed by atoms with van der Waals surface area (Å²) in [6.45, 7) is 12.4. The van der Waals surface area contributed by atoms with E-state index in [2.05, 4.69) is 33.0 Å². The molecule has 0 spiro atoms. The first kappa shape index (κ1) is 16.0. The number of carbonyl (C=O) groups excluding carboxylic acids is 2. The Balaban J connectivity index is 2.65. The second kappa shape index (κ2) is 7.48. The van der Waals surface area contributed by atoms with E-state index in [0.717, 1.165) is 13.1 Å². The summed E-state index contributed by atoms with van der Waals surface area (Å²) < 4.78 is 0. The molecule has 0 radical (unpaired) electrons. The lowest BCUT2D eigenvalue weighted by Crippen LogP contribution is -2.53. The van der Waals surface area contributed by atoms with Crippen LogP contribution in [0.1, 0.15) is 27.7 Å². The van der Waals surface area contributed by atoms with Crippen molar-refractivity contribution >= 4 is 11.8 Å². The number of nitrogens with one attached hydrogen (secondary N) is 1. The number of amides is 2. The summed E-state index contributed by atoms with van der Waals surface area (Å²) in [6, 6.07) is 0. The monoisotopic (exact) mass is 269 g/mol. The van der Waals surface area contributed by atoms with Crippen molar-refractivity contribution in [1.29, 1.82) is 0 Å². The van der Waals surface area contributed by atoms with Crippen LogP contribution in [0.15, 0.2) is 0 Å². The molecular formula is C14H27N3O2. The maximum absolute atomic E-state index is 12.3. The molecule has 0 aromatic rings. The minimum atomic E-state index is -0.345. The predicted octanol–water partition coefficient (Wildman–Crippen LogP) is 0.559. The van der Waals surface area contributed by atoms with Gasteiger partial charge in [-0.15, -0.1) is 0 Å². The average molecular weight is 269 g/mol. The second-order valence-electron chi connectivity index (χ2n) is 6.04. The summed E-state index contributed by atoms with van der Waals surface area (Å²) in [5.41, 5.74) is 0. The first-order chi connectivity index (χ1) is 8.91. The van der Waals surface area contributed by atoms with Gasteiger partial charge in [0, 0.05) is 39.3 Å². The van der Waals surface area contributed by atoms with E-state index >= 15 is 0 Å². The lowest BCUT2D eigenvalue weighted by atomic mass is 10.1. The van der Waals surface area contributed by atoms with Gasteiger partial charge < -0.3 is 15.1 Å². The zero-order chi connectivity index (χ0) is 14.4. The van der Waals surface area contributed by atoms with Gasteiger partial charge in [0.05, 0.1) is 0 Å². The smallest absolute Gasteiger partial charge is 0.312 e. The third-order valence-electron chi connectivity index (χ3n) is 3.05. The lowest BCUT2D eigenvalue weighted by molar-refractivity contribution is -0.152. The zero-order valence-electron chi connectivity index (χ0n) is 12.6. The largest absolute Gasteiger partial charge is 0.334 e. The molecule has 1 aliphatic heterocycles. The highest BCUT2D eigenvalue weighted by Crippen LogP contribution is 2.06. The van der Waals surface area contributed by atoms with Crippen LogP contribution in [0.5, 0.6) is 0 Å². The van der Waals surface area contributed by atoms with E-state index in [0.29, 0.717) is 38.0 Å². The van der Waals surface area contributed by atoms with E-state index in [1.54, 1.807) is 9.80 Å². The molecule has 1 heterocycles. The quantitative estimate of drug-likeness (QED) is 0.759. The molecule has 110 valence electrons. The number of rotatable bonds is 4. The minimum Gasteiger partial charge on any atom is -0.334 e. The summed E-state index contributed by atoms with van der Waals surface area (Å²) in [6.07, 6.45) is 0. The van der Waals surface area contributed by atoms with Crippen molar-refractivity contribution in [2.24, 2.45) is 11.8 Å². The summed E-state index contributed by atoms with van der Waals surface area (Å²) >= 11 is 0. The molecule has 1 saturated heterocycles. The first-order valence-electron chi connectivity index (χ1n) is 7.20. The van der Waals surface area contributed by atoms with Gasteiger partial charge in [-0.05, 0) is 11.8 Å². The van der Waals surface area contributed by atoms with Gasteiger partial charge in [-0.25, -0.2) is 0 Å². The highest BCUT2D eigenvalue weighted by atomic mass is 16.2. The topological polar surface area (TPSA) is 52.7 Å². The third-order valence-corrected chi connectivity index (χ3v) is 3.05. The maximum atomic E-state index is 12.3. The fourth-order valence-corrected chi connectivity index (χ4v) is 2.26. The normalized spacial score (nSPS) is 16.0. The molecule has 0 aromatic carbocycles. The highest BCUT2D eigenvalue weighted by molar-refractivity contribution is 6.34. The Morgan fingerprint density at radius 3 is 1.95 bits per heavy atom. The van der Waals surface area contributed by atoms with Gasteiger partial charge in [0.2, 0.25) is 0 Å². The SMILES string of the molecule is CC(C)CN(CC(C)C)C(=O)C(=O)N1CCNCC1. The standard InChI is InChI=1S/C14H27N3O2/c1-11(2)9-17(10-12(3)4)14(19)13(18)16-7-5-15-6-8-16/h11-12,15H,5-10H2,1-4H3. The number of hydrogen-bond donors (Lipinski definition) is 1. The van der Waals surface area contributed by atoms with E-state index in [1.165, 1.54) is 0 Å². The average Bonchev–Trinajstić information content (AvgIpc) is 2.36. The molecule has 5 heteroatoms. The number of nitrogens with zero attached hydrogens (tertiary/aromatic N) is 2. The van der Waals surface area contributed by atoms with Crippen molar-refractivity contribution in [3.05, 3.63) is 0 Å². The van der Waals surface area contributed by atoms with Crippen molar-refractivity contribution in [1.82, 2.24) is 15.1 Å². The number of carbonyl (C=O) groups is 2. The van der Waals surface area contributed by atoms with Crippen molar-refractivity contribution in [2.45, 2.75) is 27.7 Å². The predicted molar refractivity (Wildman–Crippen MR) is 75.7 cm³/mol. The maximum Gasteiger partial charge on any atom is 0.312 e. The van der Waals surface area contributed by atoms with Crippen molar-refractivity contribution < 1.29 is 9.59 Å². The van der Waals surface area contributed by atoms with Gasteiger partial charge in [0.15, 0.2) is 0 Å². The Morgan fingerprint density at radius 1 is 1.05 bits per heavy atom. The van der Waals surface area contributed by atoms with Crippen LogP contribution in [-0.4, -0.2) is 60.9 Å². The van der Waals surface area contributed by atoms with Crippen LogP contribution >= 0.6 is 0 Å². The molecule has 1 aliphatic rings. The van der Waals surface area contributed by atoms with E-state index in [-0.39, 0.29) is 11.8 Å². The van der Waals surface area contributed by atoms with E-state index in [4.69, 9.17) is 0 Å².